The molecule has 0 aliphatic heterocycles. The minimum absolute atomic E-state index is 0.0774. The SMILES string of the molecule is Cc1ccc2c(c1)c(Cc1cnccc1C(=O)O)nn2C1CCC(F)(F)CC1. The van der Waals surface area contributed by atoms with Crippen LogP contribution in [-0.4, -0.2) is 31.8 Å². The number of halogens is 2. The van der Waals surface area contributed by atoms with Crippen LogP contribution in [0.15, 0.2) is 36.7 Å². The fraction of sp³-hybridized carbons (Fsp3) is 0.381. The largest absolute Gasteiger partial charge is 0.478 e. The number of alkyl halides is 2. The van der Waals surface area contributed by atoms with Crippen LogP contribution >= 0.6 is 0 Å². The highest BCUT2D eigenvalue weighted by Crippen LogP contribution is 2.39. The van der Waals surface area contributed by atoms with E-state index in [0.29, 0.717) is 24.8 Å². The molecule has 4 rings (SSSR count). The minimum Gasteiger partial charge on any atom is -0.478 e. The van der Waals surface area contributed by atoms with Gasteiger partial charge in [-0.3, -0.25) is 9.67 Å². The van der Waals surface area contributed by atoms with Crippen molar-refractivity contribution in [2.45, 2.75) is 51.0 Å². The van der Waals surface area contributed by atoms with Gasteiger partial charge in [0.15, 0.2) is 0 Å². The van der Waals surface area contributed by atoms with Crippen molar-refractivity contribution in [3.8, 4) is 0 Å². The molecule has 0 radical (unpaired) electrons. The second-order valence-electron chi connectivity index (χ2n) is 7.51. The van der Waals surface area contributed by atoms with E-state index < -0.39 is 11.9 Å². The maximum absolute atomic E-state index is 13.6. The lowest BCUT2D eigenvalue weighted by Crippen LogP contribution is -2.26. The summed E-state index contributed by atoms with van der Waals surface area (Å²) >= 11 is 0. The van der Waals surface area contributed by atoms with E-state index in [1.165, 1.54) is 12.3 Å². The first-order valence-corrected chi connectivity index (χ1v) is 9.36. The van der Waals surface area contributed by atoms with Gasteiger partial charge in [0.05, 0.1) is 22.8 Å². The Bertz CT molecular complexity index is 1040. The number of benzene rings is 1. The molecule has 2 aromatic heterocycles. The standard InChI is InChI=1S/C21H21F2N3O2/c1-13-2-3-19-17(10-13)18(11-14-12-24-9-6-16(14)20(27)28)25-26(19)15-4-7-21(22,23)8-5-15/h2-3,6,9-10,12,15H,4-5,7-8,11H2,1H3,(H,27,28). The average Bonchev–Trinajstić information content (AvgIpc) is 2.99. The quantitative estimate of drug-likeness (QED) is 0.702. The van der Waals surface area contributed by atoms with Crippen molar-refractivity contribution in [1.29, 1.82) is 0 Å². The summed E-state index contributed by atoms with van der Waals surface area (Å²) < 4.78 is 29.0. The van der Waals surface area contributed by atoms with Gasteiger partial charge in [0, 0.05) is 37.0 Å². The summed E-state index contributed by atoms with van der Waals surface area (Å²) in [6, 6.07) is 7.36. The summed E-state index contributed by atoms with van der Waals surface area (Å²) in [5.74, 6) is -3.60. The van der Waals surface area contributed by atoms with Crippen LogP contribution in [0.25, 0.3) is 10.9 Å². The van der Waals surface area contributed by atoms with Crippen molar-refractivity contribution < 1.29 is 18.7 Å². The van der Waals surface area contributed by atoms with E-state index >= 15 is 0 Å². The first kappa shape index (κ1) is 18.5. The zero-order chi connectivity index (χ0) is 19.9. The van der Waals surface area contributed by atoms with Gasteiger partial charge in [0.25, 0.3) is 0 Å². The number of carbonyl (C=O) groups is 1. The maximum Gasteiger partial charge on any atom is 0.336 e. The Morgan fingerprint density at radius 2 is 2.04 bits per heavy atom. The Morgan fingerprint density at radius 1 is 1.29 bits per heavy atom. The van der Waals surface area contributed by atoms with Crippen molar-refractivity contribution in [2.75, 3.05) is 0 Å². The van der Waals surface area contributed by atoms with E-state index in [4.69, 9.17) is 5.10 Å². The number of nitrogens with zero attached hydrogens (tertiary/aromatic N) is 3. The minimum atomic E-state index is -2.59. The summed E-state index contributed by atoms with van der Waals surface area (Å²) in [4.78, 5) is 15.6. The number of hydrogen-bond donors (Lipinski definition) is 1. The first-order chi connectivity index (χ1) is 13.3. The number of aromatic nitrogens is 3. The topological polar surface area (TPSA) is 68.0 Å². The third kappa shape index (κ3) is 3.48. The second kappa shape index (κ2) is 6.96. The van der Waals surface area contributed by atoms with E-state index in [-0.39, 0.29) is 24.4 Å². The van der Waals surface area contributed by atoms with E-state index in [2.05, 4.69) is 4.98 Å². The Labute approximate surface area is 161 Å². The van der Waals surface area contributed by atoms with Gasteiger partial charge in [-0.2, -0.15) is 5.10 Å². The number of aryl methyl sites for hydroxylation is 1. The molecule has 7 heteroatoms. The zero-order valence-electron chi connectivity index (χ0n) is 15.5. The molecule has 1 fully saturated rings. The normalized spacial score (nSPS) is 17.1. The predicted octanol–water partition coefficient (Wildman–Crippen LogP) is 4.78. The number of carboxylic acid groups (broad SMARTS) is 1. The molecule has 0 unspecified atom stereocenters. The van der Waals surface area contributed by atoms with Gasteiger partial charge in [-0.25, -0.2) is 13.6 Å². The van der Waals surface area contributed by atoms with Crippen LogP contribution in [0.3, 0.4) is 0 Å². The molecule has 1 aliphatic carbocycles. The molecule has 0 saturated heterocycles. The number of fused-ring (bicyclic) bond motifs is 1. The Balaban J connectivity index is 1.75. The van der Waals surface area contributed by atoms with Crippen LogP contribution in [0.1, 0.15) is 58.9 Å². The van der Waals surface area contributed by atoms with Crippen molar-refractivity contribution in [1.82, 2.24) is 14.8 Å². The van der Waals surface area contributed by atoms with Gasteiger partial charge in [0.1, 0.15) is 0 Å². The van der Waals surface area contributed by atoms with E-state index in [1.807, 2.05) is 29.8 Å². The zero-order valence-corrected chi connectivity index (χ0v) is 15.5. The highest BCUT2D eigenvalue weighted by atomic mass is 19.3. The van der Waals surface area contributed by atoms with Crippen molar-refractivity contribution in [3.63, 3.8) is 0 Å². The van der Waals surface area contributed by atoms with Gasteiger partial charge in [-0.1, -0.05) is 11.6 Å². The molecule has 5 nitrogen and oxygen atoms in total. The van der Waals surface area contributed by atoms with Crippen LogP contribution in [0.4, 0.5) is 8.78 Å². The van der Waals surface area contributed by atoms with E-state index in [0.717, 1.165) is 22.2 Å². The molecule has 28 heavy (non-hydrogen) atoms. The number of hydrogen-bond acceptors (Lipinski definition) is 3. The summed E-state index contributed by atoms with van der Waals surface area (Å²) in [6.45, 7) is 1.98. The molecule has 0 amide bonds. The molecule has 3 aromatic rings. The maximum atomic E-state index is 13.6. The smallest absolute Gasteiger partial charge is 0.336 e. The third-order valence-electron chi connectivity index (χ3n) is 5.46. The van der Waals surface area contributed by atoms with Gasteiger partial charge in [0.2, 0.25) is 5.92 Å². The third-order valence-corrected chi connectivity index (χ3v) is 5.46. The van der Waals surface area contributed by atoms with E-state index in [9.17, 15) is 18.7 Å². The molecule has 1 aromatic carbocycles. The van der Waals surface area contributed by atoms with Gasteiger partial charge in [-0.15, -0.1) is 0 Å². The molecule has 1 saturated carbocycles. The number of rotatable bonds is 4. The first-order valence-electron chi connectivity index (χ1n) is 9.36. The highest BCUT2D eigenvalue weighted by molar-refractivity contribution is 5.90. The summed E-state index contributed by atoms with van der Waals surface area (Å²) in [6.07, 6.45) is 3.82. The van der Waals surface area contributed by atoms with Crippen LogP contribution in [0.2, 0.25) is 0 Å². The number of carboxylic acids is 1. The van der Waals surface area contributed by atoms with Crippen LogP contribution < -0.4 is 0 Å². The lowest BCUT2D eigenvalue weighted by atomic mass is 9.92. The summed E-state index contributed by atoms with van der Waals surface area (Å²) in [7, 11) is 0. The Hall–Kier alpha value is -2.83. The number of pyridine rings is 1. The molecule has 2 heterocycles. The molecular formula is C21H21F2N3O2. The van der Waals surface area contributed by atoms with Crippen LogP contribution in [-0.2, 0) is 6.42 Å². The lowest BCUT2D eigenvalue weighted by Gasteiger charge is -2.28. The summed E-state index contributed by atoms with van der Waals surface area (Å²) in [5.41, 5.74) is 3.48. The highest BCUT2D eigenvalue weighted by Gasteiger charge is 2.36. The molecule has 0 spiro atoms. The van der Waals surface area contributed by atoms with Crippen molar-refractivity contribution in [2.24, 2.45) is 0 Å². The second-order valence-corrected chi connectivity index (χ2v) is 7.51. The number of aromatic carboxylic acids is 1. The summed E-state index contributed by atoms with van der Waals surface area (Å²) in [5, 5.41) is 15.1. The van der Waals surface area contributed by atoms with E-state index in [1.54, 1.807) is 6.20 Å². The Kier molecular flexibility index (Phi) is 4.61. The lowest BCUT2D eigenvalue weighted by molar-refractivity contribution is -0.0446. The molecule has 0 atom stereocenters. The van der Waals surface area contributed by atoms with Crippen LogP contribution in [0, 0.1) is 6.92 Å². The van der Waals surface area contributed by atoms with Gasteiger partial charge in [-0.05, 0) is 43.5 Å². The fourth-order valence-corrected chi connectivity index (χ4v) is 3.95. The van der Waals surface area contributed by atoms with Crippen LogP contribution in [0.5, 0.6) is 0 Å². The molecule has 1 N–H and O–H groups in total. The fourth-order valence-electron chi connectivity index (χ4n) is 3.95. The Morgan fingerprint density at radius 3 is 2.75 bits per heavy atom. The molecule has 1 aliphatic rings. The van der Waals surface area contributed by atoms with Crippen molar-refractivity contribution >= 4 is 16.9 Å². The van der Waals surface area contributed by atoms with Crippen molar-refractivity contribution in [3.05, 3.63) is 59.0 Å². The monoisotopic (exact) mass is 385 g/mol. The van der Waals surface area contributed by atoms with Gasteiger partial charge < -0.3 is 5.11 Å². The molecular weight excluding hydrogens is 364 g/mol. The average molecular weight is 385 g/mol. The molecule has 0 bridgehead atoms. The van der Waals surface area contributed by atoms with Gasteiger partial charge >= 0.3 is 5.97 Å². The predicted molar refractivity (Wildman–Crippen MR) is 101 cm³/mol. The molecule has 146 valence electrons.